The van der Waals surface area contributed by atoms with Crippen molar-refractivity contribution in [1.29, 1.82) is 0 Å². The summed E-state index contributed by atoms with van der Waals surface area (Å²) in [4.78, 5) is 0. The van der Waals surface area contributed by atoms with Crippen molar-refractivity contribution in [3.05, 3.63) is 57.6 Å². The summed E-state index contributed by atoms with van der Waals surface area (Å²) in [5.41, 5.74) is 1.89. The lowest BCUT2D eigenvalue weighted by Crippen LogP contribution is -2.35. The summed E-state index contributed by atoms with van der Waals surface area (Å²) in [5.74, 6) is 1.25. The van der Waals surface area contributed by atoms with Gasteiger partial charge in [-0.15, -0.1) is 0 Å². The first-order valence-electron chi connectivity index (χ1n) is 7.78. The molecule has 5 heteroatoms. The maximum absolute atomic E-state index is 6.40. The highest BCUT2D eigenvalue weighted by Crippen LogP contribution is 2.34. The van der Waals surface area contributed by atoms with Gasteiger partial charge >= 0.3 is 0 Å². The van der Waals surface area contributed by atoms with Gasteiger partial charge in [0.25, 0.3) is 0 Å². The molecule has 0 radical (unpaired) electrons. The van der Waals surface area contributed by atoms with Gasteiger partial charge in [0.2, 0.25) is 0 Å². The molecule has 24 heavy (non-hydrogen) atoms. The predicted octanol–water partition coefficient (Wildman–Crippen LogP) is 5.47. The maximum atomic E-state index is 6.40. The largest absolute Gasteiger partial charge is 0.493 e. The van der Waals surface area contributed by atoms with Gasteiger partial charge in [-0.2, -0.15) is 0 Å². The lowest BCUT2D eigenvalue weighted by molar-refractivity contribution is 0.284. The van der Waals surface area contributed by atoms with Crippen LogP contribution in [0.3, 0.4) is 0 Å². The molecule has 130 valence electrons. The van der Waals surface area contributed by atoms with E-state index in [9.17, 15) is 0 Å². The minimum Gasteiger partial charge on any atom is -0.493 e. The highest BCUT2D eigenvalue weighted by Gasteiger charge is 2.14. The first-order chi connectivity index (χ1) is 11.3. The SMILES string of the molecule is COc1cc(CNC(C)(C)C)c(Cl)cc1OCc1ccccc1Cl. The number of ether oxygens (including phenoxy) is 2. The molecule has 0 heterocycles. The zero-order valence-corrected chi connectivity index (χ0v) is 16.0. The molecule has 0 aromatic heterocycles. The summed E-state index contributed by atoms with van der Waals surface area (Å²) >= 11 is 12.6. The number of hydrogen-bond donors (Lipinski definition) is 1. The van der Waals surface area contributed by atoms with E-state index < -0.39 is 0 Å². The average Bonchev–Trinajstić information content (AvgIpc) is 2.52. The molecule has 0 aliphatic rings. The van der Waals surface area contributed by atoms with Crippen molar-refractivity contribution in [2.75, 3.05) is 7.11 Å². The second-order valence-corrected chi connectivity index (χ2v) is 7.39. The van der Waals surface area contributed by atoms with Crippen LogP contribution in [0.2, 0.25) is 10.0 Å². The Morgan fingerprint density at radius 1 is 0.958 bits per heavy atom. The van der Waals surface area contributed by atoms with Crippen molar-refractivity contribution in [3.8, 4) is 11.5 Å². The van der Waals surface area contributed by atoms with Gasteiger partial charge < -0.3 is 14.8 Å². The van der Waals surface area contributed by atoms with Crippen LogP contribution in [-0.4, -0.2) is 12.6 Å². The smallest absolute Gasteiger partial charge is 0.163 e. The molecule has 3 nitrogen and oxygen atoms in total. The predicted molar refractivity (Wildman–Crippen MR) is 100 cm³/mol. The summed E-state index contributed by atoms with van der Waals surface area (Å²) in [6, 6.07) is 11.3. The zero-order valence-electron chi connectivity index (χ0n) is 14.5. The van der Waals surface area contributed by atoms with E-state index in [0.717, 1.165) is 11.1 Å². The highest BCUT2D eigenvalue weighted by molar-refractivity contribution is 6.31. The van der Waals surface area contributed by atoms with Crippen LogP contribution in [0, 0.1) is 0 Å². The van der Waals surface area contributed by atoms with Crippen molar-refractivity contribution in [2.45, 2.75) is 39.5 Å². The van der Waals surface area contributed by atoms with Gasteiger partial charge in [-0.1, -0.05) is 41.4 Å². The molecule has 0 saturated heterocycles. The van der Waals surface area contributed by atoms with E-state index in [1.165, 1.54) is 0 Å². The number of methoxy groups -OCH3 is 1. The molecule has 0 unspecified atom stereocenters. The van der Waals surface area contributed by atoms with E-state index in [-0.39, 0.29) is 5.54 Å². The Hall–Kier alpha value is -1.42. The quantitative estimate of drug-likeness (QED) is 0.734. The number of rotatable bonds is 6. The van der Waals surface area contributed by atoms with Crippen LogP contribution in [0.4, 0.5) is 0 Å². The van der Waals surface area contributed by atoms with Gasteiger partial charge in [0, 0.05) is 33.8 Å². The molecule has 0 saturated carbocycles. The Balaban J connectivity index is 2.15. The van der Waals surface area contributed by atoms with Gasteiger partial charge in [-0.25, -0.2) is 0 Å². The third kappa shape index (κ3) is 5.30. The van der Waals surface area contributed by atoms with Crippen molar-refractivity contribution in [1.82, 2.24) is 5.32 Å². The van der Waals surface area contributed by atoms with Crippen LogP contribution in [0.15, 0.2) is 36.4 Å². The molecule has 1 N–H and O–H groups in total. The lowest BCUT2D eigenvalue weighted by Gasteiger charge is -2.21. The first-order valence-corrected chi connectivity index (χ1v) is 8.53. The molecular weight excluding hydrogens is 345 g/mol. The molecule has 0 spiro atoms. The van der Waals surface area contributed by atoms with Crippen LogP contribution in [0.5, 0.6) is 11.5 Å². The van der Waals surface area contributed by atoms with Crippen LogP contribution >= 0.6 is 23.2 Å². The third-order valence-electron chi connectivity index (χ3n) is 3.48. The van der Waals surface area contributed by atoms with Crippen molar-refractivity contribution < 1.29 is 9.47 Å². The van der Waals surface area contributed by atoms with Crippen LogP contribution < -0.4 is 14.8 Å². The van der Waals surface area contributed by atoms with Crippen LogP contribution in [-0.2, 0) is 13.2 Å². The van der Waals surface area contributed by atoms with E-state index in [1.807, 2.05) is 30.3 Å². The highest BCUT2D eigenvalue weighted by atomic mass is 35.5. The summed E-state index contributed by atoms with van der Waals surface area (Å²) in [7, 11) is 1.62. The molecule has 0 amide bonds. The molecule has 0 fully saturated rings. The average molecular weight is 368 g/mol. The summed E-state index contributed by atoms with van der Waals surface area (Å²) in [6.07, 6.45) is 0. The Morgan fingerprint density at radius 3 is 2.29 bits per heavy atom. The fraction of sp³-hybridized carbons (Fsp3) is 0.368. The van der Waals surface area contributed by atoms with Crippen molar-refractivity contribution in [3.63, 3.8) is 0 Å². The topological polar surface area (TPSA) is 30.5 Å². The van der Waals surface area contributed by atoms with Gasteiger partial charge in [0.1, 0.15) is 6.61 Å². The maximum Gasteiger partial charge on any atom is 0.163 e. The van der Waals surface area contributed by atoms with Gasteiger partial charge in [0.15, 0.2) is 11.5 Å². The van der Waals surface area contributed by atoms with Gasteiger partial charge in [-0.3, -0.25) is 0 Å². The molecule has 2 rings (SSSR count). The molecule has 0 aliphatic heterocycles. The van der Waals surface area contributed by atoms with E-state index in [0.29, 0.717) is 34.7 Å². The van der Waals surface area contributed by atoms with Crippen molar-refractivity contribution in [2.24, 2.45) is 0 Å². The lowest BCUT2D eigenvalue weighted by atomic mass is 10.1. The van der Waals surface area contributed by atoms with Crippen LogP contribution in [0.25, 0.3) is 0 Å². The van der Waals surface area contributed by atoms with Gasteiger partial charge in [0.05, 0.1) is 7.11 Å². The van der Waals surface area contributed by atoms with Gasteiger partial charge in [-0.05, 0) is 38.5 Å². The number of nitrogens with one attached hydrogen (secondary N) is 1. The Bertz CT molecular complexity index is 696. The second kappa shape index (κ2) is 8.11. The molecule has 2 aromatic rings. The molecule has 2 aromatic carbocycles. The molecule has 0 atom stereocenters. The molecule has 0 bridgehead atoms. The minimum absolute atomic E-state index is 0.00972. The normalized spacial score (nSPS) is 11.4. The number of halogens is 2. The van der Waals surface area contributed by atoms with Crippen LogP contribution in [0.1, 0.15) is 31.9 Å². The minimum atomic E-state index is 0.00972. The van der Waals surface area contributed by atoms with E-state index in [4.69, 9.17) is 32.7 Å². The second-order valence-electron chi connectivity index (χ2n) is 6.58. The summed E-state index contributed by atoms with van der Waals surface area (Å²) in [6.45, 7) is 7.34. The summed E-state index contributed by atoms with van der Waals surface area (Å²) < 4.78 is 11.3. The zero-order chi connectivity index (χ0) is 17.7. The van der Waals surface area contributed by atoms with Crippen molar-refractivity contribution >= 4 is 23.2 Å². The Labute approximate surface area is 153 Å². The number of benzene rings is 2. The summed E-state index contributed by atoms with van der Waals surface area (Å²) in [5, 5.41) is 4.73. The van der Waals surface area contributed by atoms with E-state index >= 15 is 0 Å². The fourth-order valence-corrected chi connectivity index (χ4v) is 2.53. The molecular formula is C19H23Cl2NO2. The number of hydrogen-bond acceptors (Lipinski definition) is 3. The third-order valence-corrected chi connectivity index (χ3v) is 4.20. The van der Waals surface area contributed by atoms with E-state index in [1.54, 1.807) is 13.2 Å². The Morgan fingerprint density at radius 2 is 1.67 bits per heavy atom. The standard InChI is InChI=1S/C19H23Cl2NO2/c1-19(2,3)22-11-14-9-17(23-4)18(10-16(14)21)24-12-13-7-5-6-8-15(13)20/h5-10,22H,11-12H2,1-4H3. The monoisotopic (exact) mass is 367 g/mol. The Kier molecular flexibility index (Phi) is 6.39. The van der Waals surface area contributed by atoms with E-state index in [2.05, 4.69) is 26.1 Å². The molecule has 0 aliphatic carbocycles. The fourth-order valence-electron chi connectivity index (χ4n) is 2.12. The first kappa shape index (κ1) is 18.9.